The molecule has 8 heteroatoms. The number of allylic oxidation sites excluding steroid dienone is 1. The van der Waals surface area contributed by atoms with Crippen molar-refractivity contribution in [2.45, 2.75) is 39.5 Å². The van der Waals surface area contributed by atoms with Crippen molar-refractivity contribution in [1.82, 2.24) is 9.66 Å². The molecule has 1 heterocycles. The first-order chi connectivity index (χ1) is 16.4. The molecule has 1 atom stereocenters. The number of ether oxygens (including phenoxy) is 2. The first-order valence-electron chi connectivity index (χ1n) is 11.1. The Balaban J connectivity index is 2.16. The number of rotatable bonds is 10. The number of nitrogens with zero attached hydrogens (tertiary/aromatic N) is 4. The van der Waals surface area contributed by atoms with E-state index in [1.54, 1.807) is 24.4 Å². The minimum atomic E-state index is -0.233. The first kappa shape index (κ1) is 25.2. The van der Waals surface area contributed by atoms with Crippen molar-refractivity contribution in [2.75, 3.05) is 13.2 Å². The van der Waals surface area contributed by atoms with Crippen LogP contribution in [0, 0.1) is 11.3 Å². The zero-order valence-electron chi connectivity index (χ0n) is 19.5. The summed E-state index contributed by atoms with van der Waals surface area (Å²) in [6, 6.07) is 11.1. The molecule has 176 valence electrons. The Labute approximate surface area is 207 Å². The van der Waals surface area contributed by atoms with E-state index in [4.69, 9.17) is 19.7 Å². The Morgan fingerprint density at radius 3 is 2.76 bits per heavy atom. The SMILES string of the molecule is C=CCc1cc(C=Nn2c([C@H](C)CC)nc3ccc(Br)cc3c2=O)cc(OCC)c1OCC#N. The Morgan fingerprint density at radius 1 is 1.29 bits per heavy atom. The summed E-state index contributed by atoms with van der Waals surface area (Å²) in [5.74, 6) is 1.66. The first-order valence-corrected chi connectivity index (χ1v) is 11.9. The summed E-state index contributed by atoms with van der Waals surface area (Å²) < 4.78 is 13.6. The minimum Gasteiger partial charge on any atom is -0.490 e. The summed E-state index contributed by atoms with van der Waals surface area (Å²) in [5.41, 5.74) is 1.94. The van der Waals surface area contributed by atoms with Gasteiger partial charge in [0.05, 0.1) is 23.7 Å². The van der Waals surface area contributed by atoms with Crippen molar-refractivity contribution in [3.8, 4) is 17.6 Å². The monoisotopic (exact) mass is 522 g/mol. The van der Waals surface area contributed by atoms with Gasteiger partial charge in [-0.2, -0.15) is 15.0 Å². The highest BCUT2D eigenvalue weighted by Crippen LogP contribution is 2.33. The second-order valence-electron chi connectivity index (χ2n) is 7.68. The minimum absolute atomic E-state index is 0.0370. The van der Waals surface area contributed by atoms with Crippen LogP contribution in [0.15, 0.2) is 57.4 Å². The highest BCUT2D eigenvalue weighted by Gasteiger charge is 2.16. The predicted molar refractivity (Wildman–Crippen MR) is 138 cm³/mol. The summed E-state index contributed by atoms with van der Waals surface area (Å²) in [4.78, 5) is 18.1. The van der Waals surface area contributed by atoms with Gasteiger partial charge < -0.3 is 9.47 Å². The molecule has 0 amide bonds. The van der Waals surface area contributed by atoms with Gasteiger partial charge in [0, 0.05) is 16.0 Å². The second-order valence-corrected chi connectivity index (χ2v) is 8.60. The molecule has 3 rings (SSSR count). The molecule has 0 saturated carbocycles. The average Bonchev–Trinajstić information content (AvgIpc) is 2.83. The Kier molecular flexibility index (Phi) is 8.61. The third-order valence-corrected chi connectivity index (χ3v) is 5.80. The van der Waals surface area contributed by atoms with E-state index >= 15 is 0 Å². The molecule has 7 nitrogen and oxygen atoms in total. The van der Waals surface area contributed by atoms with Gasteiger partial charge in [-0.25, -0.2) is 4.98 Å². The lowest BCUT2D eigenvalue weighted by Crippen LogP contribution is -2.23. The van der Waals surface area contributed by atoms with E-state index in [2.05, 4.69) is 27.6 Å². The fourth-order valence-corrected chi connectivity index (χ4v) is 3.86. The van der Waals surface area contributed by atoms with Crippen molar-refractivity contribution in [3.63, 3.8) is 0 Å². The number of benzene rings is 2. The van der Waals surface area contributed by atoms with Crippen molar-refractivity contribution in [3.05, 3.63) is 74.8 Å². The van der Waals surface area contributed by atoms with Crippen LogP contribution in [0.25, 0.3) is 10.9 Å². The van der Waals surface area contributed by atoms with Gasteiger partial charge in [0.1, 0.15) is 11.9 Å². The van der Waals surface area contributed by atoms with Crippen molar-refractivity contribution >= 4 is 33.0 Å². The summed E-state index contributed by atoms with van der Waals surface area (Å²) >= 11 is 3.43. The van der Waals surface area contributed by atoms with Crippen LogP contribution in [0.4, 0.5) is 0 Å². The van der Waals surface area contributed by atoms with Crippen LogP contribution in [0.1, 0.15) is 50.1 Å². The fraction of sp³-hybridized carbons (Fsp3) is 0.308. The van der Waals surface area contributed by atoms with Gasteiger partial charge in [0.15, 0.2) is 18.1 Å². The highest BCUT2D eigenvalue weighted by molar-refractivity contribution is 9.10. The molecule has 0 radical (unpaired) electrons. The quantitative estimate of drug-likeness (QED) is 0.256. The molecular weight excluding hydrogens is 496 g/mol. The van der Waals surface area contributed by atoms with Crippen LogP contribution in [0.5, 0.6) is 11.5 Å². The molecule has 0 N–H and O–H groups in total. The molecule has 0 spiro atoms. The van der Waals surface area contributed by atoms with E-state index in [0.29, 0.717) is 41.3 Å². The maximum atomic E-state index is 13.4. The molecule has 0 unspecified atom stereocenters. The summed E-state index contributed by atoms with van der Waals surface area (Å²) in [5, 5.41) is 14.0. The van der Waals surface area contributed by atoms with Crippen molar-refractivity contribution < 1.29 is 9.47 Å². The summed E-state index contributed by atoms with van der Waals surface area (Å²) in [6.45, 7) is 10.1. The van der Waals surface area contributed by atoms with Crippen molar-refractivity contribution in [1.29, 1.82) is 5.26 Å². The van der Waals surface area contributed by atoms with Gasteiger partial charge in [-0.1, -0.05) is 35.9 Å². The number of hydrogen-bond donors (Lipinski definition) is 0. The average molecular weight is 523 g/mol. The molecule has 0 bridgehead atoms. The maximum absolute atomic E-state index is 13.4. The lowest BCUT2D eigenvalue weighted by Gasteiger charge is -2.16. The van der Waals surface area contributed by atoms with Crippen molar-refractivity contribution in [2.24, 2.45) is 5.10 Å². The Hall–Kier alpha value is -3.44. The van der Waals surface area contributed by atoms with E-state index < -0.39 is 0 Å². The molecule has 0 aliphatic heterocycles. The zero-order chi connectivity index (χ0) is 24.7. The molecule has 0 aliphatic carbocycles. The van der Waals surface area contributed by atoms with Crippen LogP contribution in [0.3, 0.4) is 0 Å². The molecule has 0 aliphatic rings. The molecular formula is C26H27BrN4O3. The van der Waals surface area contributed by atoms with E-state index in [-0.39, 0.29) is 18.1 Å². The van der Waals surface area contributed by atoms with Crippen LogP contribution in [-0.4, -0.2) is 29.1 Å². The summed E-state index contributed by atoms with van der Waals surface area (Å²) in [7, 11) is 0. The standard InChI is InChI=1S/C26H27BrN4O3/c1-5-8-19-13-18(14-23(33-7-3)24(19)34-12-11-28)16-29-31-25(17(4)6-2)30-22-10-9-20(27)15-21(22)26(31)32/h5,9-10,13-17H,1,6-8,12H2,2-4H3/t17-/m1/s1. The topological polar surface area (TPSA) is 89.5 Å². The van der Waals surface area contributed by atoms with E-state index in [1.807, 2.05) is 45.0 Å². The van der Waals surface area contributed by atoms with Crippen LogP contribution < -0.4 is 15.0 Å². The lowest BCUT2D eigenvalue weighted by atomic mass is 10.1. The van der Waals surface area contributed by atoms with Crippen LogP contribution >= 0.6 is 15.9 Å². The largest absolute Gasteiger partial charge is 0.490 e. The van der Waals surface area contributed by atoms with E-state index in [0.717, 1.165) is 22.0 Å². The summed E-state index contributed by atoms with van der Waals surface area (Å²) in [6.07, 6.45) is 4.70. The number of fused-ring (bicyclic) bond motifs is 1. The molecule has 0 fully saturated rings. The lowest BCUT2D eigenvalue weighted by molar-refractivity contribution is 0.297. The number of halogens is 1. The maximum Gasteiger partial charge on any atom is 0.282 e. The zero-order valence-corrected chi connectivity index (χ0v) is 21.1. The second kappa shape index (κ2) is 11.6. The number of nitriles is 1. The van der Waals surface area contributed by atoms with Gasteiger partial charge in [0.2, 0.25) is 0 Å². The third kappa shape index (κ3) is 5.54. The van der Waals surface area contributed by atoms with Gasteiger partial charge in [0.25, 0.3) is 5.56 Å². The van der Waals surface area contributed by atoms with Crippen LogP contribution in [0.2, 0.25) is 0 Å². The third-order valence-electron chi connectivity index (χ3n) is 5.31. The molecule has 1 aromatic heterocycles. The highest BCUT2D eigenvalue weighted by atomic mass is 79.9. The number of aromatic nitrogens is 2. The van der Waals surface area contributed by atoms with Gasteiger partial charge in [-0.3, -0.25) is 4.79 Å². The van der Waals surface area contributed by atoms with Gasteiger partial charge in [-0.15, -0.1) is 6.58 Å². The normalized spacial score (nSPS) is 12.0. The molecule has 0 saturated heterocycles. The molecule has 3 aromatic rings. The van der Waals surface area contributed by atoms with E-state index in [1.165, 1.54) is 4.68 Å². The Morgan fingerprint density at radius 2 is 2.09 bits per heavy atom. The van der Waals surface area contributed by atoms with E-state index in [9.17, 15) is 4.79 Å². The molecule has 34 heavy (non-hydrogen) atoms. The fourth-order valence-electron chi connectivity index (χ4n) is 3.50. The van der Waals surface area contributed by atoms with Gasteiger partial charge >= 0.3 is 0 Å². The molecule has 2 aromatic carbocycles. The van der Waals surface area contributed by atoms with Gasteiger partial charge in [-0.05, 0) is 55.7 Å². The smallest absolute Gasteiger partial charge is 0.282 e. The van der Waals surface area contributed by atoms with Crippen LogP contribution in [-0.2, 0) is 6.42 Å². The Bertz CT molecular complexity index is 1320. The predicted octanol–water partition coefficient (Wildman–Crippen LogP) is 5.58. The number of hydrogen-bond acceptors (Lipinski definition) is 6.